The molecule has 2 atom stereocenters. The molecule has 3 nitrogen and oxygen atoms in total. The largest absolute Gasteiger partial charge is 0.397 e. The molecule has 1 aromatic rings. The molecule has 2 rings (SSSR count). The third-order valence-electron chi connectivity index (χ3n) is 3.18. The van der Waals surface area contributed by atoms with Crippen LogP contribution < -0.4 is 11.1 Å². The molecule has 1 saturated heterocycles. The molecular weight excluding hydrogens is 287 g/mol. The fourth-order valence-corrected chi connectivity index (χ4v) is 2.36. The normalized spacial score (nSPS) is 23.9. The van der Waals surface area contributed by atoms with Crippen molar-refractivity contribution in [3.05, 3.63) is 22.4 Å². The molecular formula is C12H16BrFN2O. The summed E-state index contributed by atoms with van der Waals surface area (Å²) in [5.41, 5.74) is 7.01. The van der Waals surface area contributed by atoms with E-state index >= 15 is 0 Å². The minimum atomic E-state index is -0.308. The first-order valence-electron chi connectivity index (χ1n) is 5.68. The summed E-state index contributed by atoms with van der Waals surface area (Å²) in [4.78, 5) is 0. The second kappa shape index (κ2) is 5.23. The Morgan fingerprint density at radius 1 is 1.59 bits per heavy atom. The highest BCUT2D eigenvalue weighted by atomic mass is 79.9. The smallest absolute Gasteiger partial charge is 0.139 e. The van der Waals surface area contributed by atoms with Crippen molar-refractivity contribution in [1.29, 1.82) is 0 Å². The number of hydrogen-bond acceptors (Lipinski definition) is 3. The van der Waals surface area contributed by atoms with E-state index in [1.165, 1.54) is 6.07 Å². The van der Waals surface area contributed by atoms with Crippen molar-refractivity contribution in [2.24, 2.45) is 5.92 Å². The second-order valence-electron chi connectivity index (χ2n) is 4.36. The highest BCUT2D eigenvalue weighted by molar-refractivity contribution is 9.10. The van der Waals surface area contributed by atoms with Gasteiger partial charge in [0.05, 0.1) is 22.0 Å². The molecule has 0 amide bonds. The van der Waals surface area contributed by atoms with Gasteiger partial charge >= 0.3 is 0 Å². The van der Waals surface area contributed by atoms with E-state index in [0.29, 0.717) is 21.8 Å². The summed E-state index contributed by atoms with van der Waals surface area (Å²) in [5.74, 6) is 0.151. The molecule has 5 heteroatoms. The average Bonchev–Trinajstić information content (AvgIpc) is 2.68. The highest BCUT2D eigenvalue weighted by Crippen LogP contribution is 2.28. The molecule has 0 aliphatic carbocycles. The lowest BCUT2D eigenvalue weighted by Crippen LogP contribution is -2.21. The fourth-order valence-electron chi connectivity index (χ4n) is 2.00. The SMILES string of the molecule is CC1OCCC1CNc1cc(F)c(Br)cc1N. The Morgan fingerprint density at radius 3 is 3.00 bits per heavy atom. The van der Waals surface area contributed by atoms with Crippen molar-refractivity contribution >= 4 is 27.3 Å². The van der Waals surface area contributed by atoms with E-state index in [2.05, 4.69) is 28.2 Å². The van der Waals surface area contributed by atoms with Gasteiger partial charge in [-0.1, -0.05) is 0 Å². The zero-order valence-corrected chi connectivity index (χ0v) is 11.3. The van der Waals surface area contributed by atoms with Crippen LogP contribution in [0, 0.1) is 11.7 Å². The maximum absolute atomic E-state index is 13.4. The lowest BCUT2D eigenvalue weighted by molar-refractivity contribution is 0.108. The van der Waals surface area contributed by atoms with Gasteiger partial charge in [-0.25, -0.2) is 4.39 Å². The van der Waals surface area contributed by atoms with Gasteiger partial charge in [-0.15, -0.1) is 0 Å². The third kappa shape index (κ3) is 2.90. The summed E-state index contributed by atoms with van der Waals surface area (Å²) >= 11 is 3.10. The number of benzene rings is 1. The molecule has 1 heterocycles. The van der Waals surface area contributed by atoms with Crippen molar-refractivity contribution in [3.8, 4) is 0 Å². The molecule has 1 fully saturated rings. The lowest BCUT2D eigenvalue weighted by Gasteiger charge is -2.17. The van der Waals surface area contributed by atoms with Gasteiger partial charge in [0.15, 0.2) is 0 Å². The molecule has 17 heavy (non-hydrogen) atoms. The first-order chi connectivity index (χ1) is 8.08. The van der Waals surface area contributed by atoms with Gasteiger partial charge in [0.2, 0.25) is 0 Å². The van der Waals surface area contributed by atoms with Gasteiger partial charge in [-0.05, 0) is 35.3 Å². The van der Waals surface area contributed by atoms with Crippen LogP contribution in [-0.2, 0) is 4.74 Å². The van der Waals surface area contributed by atoms with Crippen LogP contribution in [0.4, 0.5) is 15.8 Å². The summed E-state index contributed by atoms with van der Waals surface area (Å²) in [6, 6.07) is 2.99. The average molecular weight is 303 g/mol. The zero-order valence-electron chi connectivity index (χ0n) is 9.67. The van der Waals surface area contributed by atoms with E-state index in [-0.39, 0.29) is 11.9 Å². The number of nitrogen functional groups attached to an aromatic ring is 1. The molecule has 0 saturated carbocycles. The molecule has 0 spiro atoms. The molecule has 1 aliphatic heterocycles. The number of nitrogens with one attached hydrogen (secondary N) is 1. The van der Waals surface area contributed by atoms with Gasteiger partial charge in [-0.3, -0.25) is 0 Å². The minimum absolute atomic E-state index is 0.254. The number of anilines is 2. The number of hydrogen-bond donors (Lipinski definition) is 2. The second-order valence-corrected chi connectivity index (χ2v) is 5.21. The molecule has 1 aliphatic rings. The summed E-state index contributed by atoms with van der Waals surface area (Å²) in [6.45, 7) is 3.62. The van der Waals surface area contributed by atoms with E-state index in [0.717, 1.165) is 19.6 Å². The predicted molar refractivity (Wildman–Crippen MR) is 70.5 cm³/mol. The van der Waals surface area contributed by atoms with Crippen LogP contribution in [0.15, 0.2) is 16.6 Å². The van der Waals surface area contributed by atoms with Crippen molar-refractivity contribution < 1.29 is 9.13 Å². The Kier molecular flexibility index (Phi) is 3.89. The van der Waals surface area contributed by atoms with Crippen LogP contribution in [0.3, 0.4) is 0 Å². The maximum atomic E-state index is 13.4. The Labute approximate surface area is 109 Å². The summed E-state index contributed by atoms with van der Waals surface area (Å²) in [6.07, 6.45) is 1.29. The summed E-state index contributed by atoms with van der Waals surface area (Å²) < 4.78 is 19.2. The number of halogens is 2. The van der Waals surface area contributed by atoms with Gasteiger partial charge in [0.25, 0.3) is 0 Å². The fraction of sp³-hybridized carbons (Fsp3) is 0.500. The van der Waals surface area contributed by atoms with Crippen molar-refractivity contribution in [2.75, 3.05) is 24.2 Å². The van der Waals surface area contributed by atoms with Crippen LogP contribution in [-0.4, -0.2) is 19.3 Å². The molecule has 0 aromatic heterocycles. The zero-order chi connectivity index (χ0) is 12.4. The van der Waals surface area contributed by atoms with Gasteiger partial charge in [0, 0.05) is 25.1 Å². The Hall–Kier alpha value is -0.810. The van der Waals surface area contributed by atoms with Crippen LogP contribution in [0.2, 0.25) is 0 Å². The van der Waals surface area contributed by atoms with E-state index in [4.69, 9.17) is 10.5 Å². The van der Waals surface area contributed by atoms with Crippen molar-refractivity contribution in [2.45, 2.75) is 19.4 Å². The standard InChI is InChI=1S/C12H16BrFN2O/c1-7-8(2-3-17-7)6-16-12-5-10(14)9(13)4-11(12)15/h4-5,7-8,16H,2-3,6,15H2,1H3. The summed E-state index contributed by atoms with van der Waals surface area (Å²) in [7, 11) is 0. The van der Waals surface area contributed by atoms with Gasteiger partial charge in [-0.2, -0.15) is 0 Å². The monoisotopic (exact) mass is 302 g/mol. The number of nitrogens with two attached hydrogens (primary N) is 1. The van der Waals surface area contributed by atoms with Crippen LogP contribution >= 0.6 is 15.9 Å². The molecule has 0 radical (unpaired) electrons. The van der Waals surface area contributed by atoms with Gasteiger partial charge in [0.1, 0.15) is 5.82 Å². The number of ether oxygens (including phenoxy) is 1. The van der Waals surface area contributed by atoms with Crippen LogP contribution in [0.25, 0.3) is 0 Å². The van der Waals surface area contributed by atoms with E-state index in [1.54, 1.807) is 6.07 Å². The van der Waals surface area contributed by atoms with Crippen LogP contribution in [0.1, 0.15) is 13.3 Å². The highest BCUT2D eigenvalue weighted by Gasteiger charge is 2.23. The quantitative estimate of drug-likeness (QED) is 0.844. The summed E-state index contributed by atoms with van der Waals surface area (Å²) in [5, 5.41) is 3.19. The van der Waals surface area contributed by atoms with E-state index in [9.17, 15) is 4.39 Å². The van der Waals surface area contributed by atoms with E-state index in [1.807, 2.05) is 0 Å². The predicted octanol–water partition coefficient (Wildman–Crippen LogP) is 3.01. The van der Waals surface area contributed by atoms with Crippen molar-refractivity contribution in [1.82, 2.24) is 0 Å². The maximum Gasteiger partial charge on any atom is 0.139 e. The lowest BCUT2D eigenvalue weighted by atomic mass is 10.0. The van der Waals surface area contributed by atoms with E-state index < -0.39 is 0 Å². The first-order valence-corrected chi connectivity index (χ1v) is 6.47. The Bertz CT molecular complexity index is 414. The van der Waals surface area contributed by atoms with Crippen LogP contribution in [0.5, 0.6) is 0 Å². The molecule has 3 N–H and O–H groups in total. The van der Waals surface area contributed by atoms with Crippen molar-refractivity contribution in [3.63, 3.8) is 0 Å². The Morgan fingerprint density at radius 2 is 2.35 bits per heavy atom. The molecule has 94 valence electrons. The molecule has 1 aromatic carbocycles. The molecule has 2 unspecified atom stereocenters. The minimum Gasteiger partial charge on any atom is -0.397 e. The third-order valence-corrected chi connectivity index (χ3v) is 3.79. The molecule has 0 bridgehead atoms. The first kappa shape index (κ1) is 12.6. The number of rotatable bonds is 3. The van der Waals surface area contributed by atoms with Gasteiger partial charge < -0.3 is 15.8 Å². The topological polar surface area (TPSA) is 47.3 Å². The Balaban J connectivity index is 2.01.